The highest BCUT2D eigenvalue weighted by atomic mass is 32.2. The number of pyridine rings is 1. The fourth-order valence-electron chi connectivity index (χ4n) is 2.78. The molecule has 1 aliphatic heterocycles. The molecule has 0 aliphatic carbocycles. The van der Waals surface area contributed by atoms with Crippen LogP contribution in [0.1, 0.15) is 23.4 Å². The molecule has 2 aromatic rings. The molecule has 2 heterocycles. The number of methoxy groups -OCH3 is 1. The second kappa shape index (κ2) is 5.85. The number of sulfonamides is 1. The second-order valence-electron chi connectivity index (χ2n) is 5.71. The lowest BCUT2D eigenvalue weighted by Crippen LogP contribution is -2.36. The van der Waals surface area contributed by atoms with Crippen LogP contribution in [0.5, 0.6) is 5.75 Å². The molecule has 0 unspecified atom stereocenters. The molecule has 122 valence electrons. The number of hydrogen-bond acceptors (Lipinski definition) is 4. The Morgan fingerprint density at radius 3 is 2.52 bits per heavy atom. The topological polar surface area (TPSA) is 59.5 Å². The molecule has 5 nitrogen and oxygen atoms in total. The lowest BCUT2D eigenvalue weighted by Gasteiger charge is -2.30. The van der Waals surface area contributed by atoms with Crippen molar-refractivity contribution >= 4 is 15.7 Å². The van der Waals surface area contributed by atoms with Crippen molar-refractivity contribution in [3.8, 4) is 5.75 Å². The molecule has 0 saturated heterocycles. The Morgan fingerprint density at radius 2 is 1.87 bits per heavy atom. The van der Waals surface area contributed by atoms with Crippen molar-refractivity contribution in [1.29, 1.82) is 0 Å². The van der Waals surface area contributed by atoms with Crippen molar-refractivity contribution in [2.24, 2.45) is 0 Å². The molecule has 0 amide bonds. The monoisotopic (exact) mass is 332 g/mol. The Hall–Kier alpha value is -2.08. The van der Waals surface area contributed by atoms with Crippen LogP contribution in [0.15, 0.2) is 35.2 Å². The first-order valence-electron chi connectivity index (χ1n) is 7.57. The summed E-state index contributed by atoms with van der Waals surface area (Å²) in [5, 5.41) is 0. The van der Waals surface area contributed by atoms with Crippen molar-refractivity contribution in [2.75, 3.05) is 18.0 Å². The molecule has 0 radical (unpaired) electrons. The van der Waals surface area contributed by atoms with E-state index in [1.807, 2.05) is 19.9 Å². The molecule has 0 bridgehead atoms. The molecule has 3 rings (SSSR count). The third-order valence-corrected chi connectivity index (χ3v) is 6.04. The van der Waals surface area contributed by atoms with E-state index in [0.717, 1.165) is 29.8 Å². The van der Waals surface area contributed by atoms with Crippen molar-refractivity contribution in [2.45, 2.75) is 31.6 Å². The number of fused-ring (bicyclic) bond motifs is 1. The number of benzene rings is 1. The van der Waals surface area contributed by atoms with E-state index < -0.39 is 10.0 Å². The predicted molar refractivity (Wildman–Crippen MR) is 89.6 cm³/mol. The van der Waals surface area contributed by atoms with Gasteiger partial charge in [-0.15, -0.1) is 0 Å². The number of ether oxygens (including phenoxy) is 1. The molecule has 23 heavy (non-hydrogen) atoms. The smallest absolute Gasteiger partial charge is 0.264 e. The number of anilines is 1. The summed E-state index contributed by atoms with van der Waals surface area (Å²) in [6.07, 6.45) is 1.59. The van der Waals surface area contributed by atoms with Crippen LogP contribution in [0, 0.1) is 13.8 Å². The van der Waals surface area contributed by atoms with Crippen LogP contribution in [-0.4, -0.2) is 27.1 Å². The third-order valence-electron chi connectivity index (χ3n) is 4.21. The van der Waals surface area contributed by atoms with Crippen molar-refractivity contribution in [3.63, 3.8) is 0 Å². The van der Waals surface area contributed by atoms with E-state index >= 15 is 0 Å². The Kier molecular flexibility index (Phi) is 4.02. The van der Waals surface area contributed by atoms with E-state index in [2.05, 4.69) is 4.98 Å². The fourth-order valence-corrected chi connectivity index (χ4v) is 4.30. The summed E-state index contributed by atoms with van der Waals surface area (Å²) in [5.74, 6) is 0.635. The Balaban J connectivity index is 2.06. The summed E-state index contributed by atoms with van der Waals surface area (Å²) < 4.78 is 32.6. The maximum Gasteiger partial charge on any atom is 0.264 e. The van der Waals surface area contributed by atoms with Crippen LogP contribution in [0.4, 0.5) is 5.69 Å². The number of hydrogen-bond donors (Lipinski definition) is 0. The zero-order valence-corrected chi connectivity index (χ0v) is 14.4. The van der Waals surface area contributed by atoms with Crippen molar-refractivity contribution < 1.29 is 13.2 Å². The Bertz CT molecular complexity index is 830. The van der Waals surface area contributed by atoms with E-state index in [-0.39, 0.29) is 4.90 Å². The number of aromatic nitrogens is 1. The summed E-state index contributed by atoms with van der Waals surface area (Å²) in [7, 11) is -2.04. The molecule has 6 heteroatoms. The number of nitrogens with zero attached hydrogens (tertiary/aromatic N) is 2. The molecule has 1 aromatic carbocycles. The Morgan fingerprint density at radius 1 is 1.17 bits per heavy atom. The van der Waals surface area contributed by atoms with Crippen molar-refractivity contribution in [1.82, 2.24) is 4.98 Å². The summed E-state index contributed by atoms with van der Waals surface area (Å²) in [6.45, 7) is 4.38. The first-order valence-corrected chi connectivity index (χ1v) is 9.01. The Labute approximate surface area is 137 Å². The van der Waals surface area contributed by atoms with Gasteiger partial charge in [0.05, 0.1) is 23.4 Å². The zero-order valence-electron chi connectivity index (χ0n) is 13.5. The van der Waals surface area contributed by atoms with Gasteiger partial charge >= 0.3 is 0 Å². The summed E-state index contributed by atoms with van der Waals surface area (Å²) in [6, 6.07) is 8.42. The fraction of sp³-hybridized carbons (Fsp3) is 0.353. The number of aryl methyl sites for hydroxylation is 3. The van der Waals surface area contributed by atoms with Gasteiger partial charge in [0.25, 0.3) is 10.0 Å². The minimum atomic E-state index is -3.59. The third kappa shape index (κ3) is 2.79. The van der Waals surface area contributed by atoms with Crippen LogP contribution in [-0.2, 0) is 16.4 Å². The van der Waals surface area contributed by atoms with Gasteiger partial charge in [-0.25, -0.2) is 8.42 Å². The average molecular weight is 332 g/mol. The molecule has 0 spiro atoms. The van der Waals surface area contributed by atoms with Gasteiger partial charge in [-0.3, -0.25) is 9.29 Å². The van der Waals surface area contributed by atoms with E-state index in [0.29, 0.717) is 18.0 Å². The lowest BCUT2D eigenvalue weighted by atomic mass is 10.1. The zero-order chi connectivity index (χ0) is 16.6. The minimum Gasteiger partial charge on any atom is -0.497 e. The highest BCUT2D eigenvalue weighted by Gasteiger charge is 2.30. The van der Waals surface area contributed by atoms with E-state index in [4.69, 9.17) is 4.74 Å². The van der Waals surface area contributed by atoms with Gasteiger partial charge in [0.15, 0.2) is 0 Å². The normalized spacial score (nSPS) is 14.5. The summed E-state index contributed by atoms with van der Waals surface area (Å²) >= 11 is 0. The van der Waals surface area contributed by atoms with E-state index in [1.165, 1.54) is 4.31 Å². The van der Waals surface area contributed by atoms with Gasteiger partial charge in [-0.2, -0.15) is 0 Å². The van der Waals surface area contributed by atoms with Crippen molar-refractivity contribution in [3.05, 3.63) is 47.3 Å². The maximum absolute atomic E-state index is 13.0. The first kappa shape index (κ1) is 15.8. The van der Waals surface area contributed by atoms with Gasteiger partial charge in [0.1, 0.15) is 5.75 Å². The van der Waals surface area contributed by atoms with Crippen LogP contribution in [0.2, 0.25) is 0 Å². The van der Waals surface area contributed by atoms with Gasteiger partial charge in [0.2, 0.25) is 0 Å². The van der Waals surface area contributed by atoms with Crippen LogP contribution >= 0.6 is 0 Å². The molecular weight excluding hydrogens is 312 g/mol. The highest BCUT2D eigenvalue weighted by molar-refractivity contribution is 7.92. The predicted octanol–water partition coefficient (Wildman–Crippen LogP) is 2.85. The lowest BCUT2D eigenvalue weighted by molar-refractivity contribution is 0.414. The molecule has 0 fully saturated rings. The first-order chi connectivity index (χ1) is 10.9. The standard InChI is InChI=1S/C17H20N2O3S/c1-12-11-17-16(18-13(12)2)5-4-10-19(17)23(20,21)15-8-6-14(22-3)7-9-15/h6-9,11H,4-5,10H2,1-3H3. The van der Waals surface area contributed by atoms with Crippen LogP contribution in [0.25, 0.3) is 0 Å². The van der Waals surface area contributed by atoms with Gasteiger partial charge in [0, 0.05) is 12.2 Å². The quantitative estimate of drug-likeness (QED) is 0.867. The van der Waals surface area contributed by atoms with Gasteiger partial charge in [-0.1, -0.05) is 0 Å². The molecule has 1 aliphatic rings. The molecular formula is C17H20N2O3S. The SMILES string of the molecule is COc1ccc(S(=O)(=O)N2CCCc3nc(C)c(C)cc32)cc1. The van der Waals surface area contributed by atoms with Crippen LogP contribution in [0.3, 0.4) is 0 Å². The van der Waals surface area contributed by atoms with Crippen LogP contribution < -0.4 is 9.04 Å². The second-order valence-corrected chi connectivity index (χ2v) is 7.58. The van der Waals surface area contributed by atoms with E-state index in [9.17, 15) is 8.42 Å². The number of rotatable bonds is 3. The average Bonchev–Trinajstić information content (AvgIpc) is 2.55. The highest BCUT2D eigenvalue weighted by Crippen LogP contribution is 2.32. The molecule has 0 atom stereocenters. The molecule has 0 N–H and O–H groups in total. The molecule has 0 saturated carbocycles. The minimum absolute atomic E-state index is 0.268. The maximum atomic E-state index is 13.0. The summed E-state index contributed by atoms with van der Waals surface area (Å²) in [4.78, 5) is 4.84. The summed E-state index contributed by atoms with van der Waals surface area (Å²) in [5.41, 5.74) is 3.51. The largest absolute Gasteiger partial charge is 0.497 e. The molecule has 1 aromatic heterocycles. The van der Waals surface area contributed by atoms with Gasteiger partial charge in [-0.05, 0) is 62.6 Å². The van der Waals surface area contributed by atoms with Gasteiger partial charge < -0.3 is 4.74 Å². The van der Waals surface area contributed by atoms with E-state index in [1.54, 1.807) is 31.4 Å².